The van der Waals surface area contributed by atoms with Gasteiger partial charge in [-0.15, -0.1) is 0 Å². The van der Waals surface area contributed by atoms with E-state index in [1.54, 1.807) is 6.07 Å². The fourth-order valence-electron chi connectivity index (χ4n) is 1.99. The molecule has 2 aromatic rings. The van der Waals surface area contributed by atoms with Crippen molar-refractivity contribution in [1.29, 1.82) is 0 Å². The van der Waals surface area contributed by atoms with Gasteiger partial charge in [0.25, 0.3) is 0 Å². The van der Waals surface area contributed by atoms with Crippen LogP contribution >= 0.6 is 23.2 Å². The molecule has 0 saturated heterocycles. The van der Waals surface area contributed by atoms with E-state index in [-0.39, 0.29) is 0 Å². The summed E-state index contributed by atoms with van der Waals surface area (Å²) in [7, 11) is 1.94. The number of hydrogen-bond donors (Lipinski definition) is 1. The quantitative estimate of drug-likeness (QED) is 0.860. The third-order valence-electron chi connectivity index (χ3n) is 2.92. The van der Waals surface area contributed by atoms with Crippen LogP contribution in [0.1, 0.15) is 11.1 Å². The average Bonchev–Trinajstić information content (AvgIpc) is 2.36. The summed E-state index contributed by atoms with van der Waals surface area (Å²) in [6, 6.07) is 12.1. The molecule has 0 aliphatic heterocycles. The Morgan fingerprint density at radius 2 is 1.83 bits per heavy atom. The minimum absolute atomic E-state index is 0.590. The van der Waals surface area contributed by atoms with Gasteiger partial charge in [0.05, 0.1) is 10.0 Å². The van der Waals surface area contributed by atoms with Gasteiger partial charge < -0.3 is 5.32 Å². The Bertz CT molecular complexity index is 564. The molecule has 18 heavy (non-hydrogen) atoms. The van der Waals surface area contributed by atoms with Gasteiger partial charge in [-0.05, 0) is 42.8 Å². The molecule has 2 rings (SSSR count). The van der Waals surface area contributed by atoms with Gasteiger partial charge >= 0.3 is 0 Å². The molecule has 2 aromatic carbocycles. The average molecular weight is 280 g/mol. The predicted molar refractivity (Wildman–Crippen MR) is 79.4 cm³/mol. The molecule has 0 aliphatic rings. The van der Waals surface area contributed by atoms with Crippen LogP contribution in [0.5, 0.6) is 0 Å². The third kappa shape index (κ3) is 2.69. The van der Waals surface area contributed by atoms with Gasteiger partial charge in [0.2, 0.25) is 0 Å². The van der Waals surface area contributed by atoms with Crippen LogP contribution in [0.4, 0.5) is 0 Å². The second kappa shape index (κ2) is 5.75. The SMILES string of the molecule is CNCc1ccc(C)c(-c2cccc(Cl)c2Cl)c1. The standard InChI is InChI=1S/C15H15Cl2N/c1-10-6-7-11(9-18-2)8-13(10)12-4-3-5-14(16)15(12)17/h3-8,18H,9H2,1-2H3. The predicted octanol–water partition coefficient (Wildman–Crippen LogP) is 4.69. The largest absolute Gasteiger partial charge is 0.316 e. The number of nitrogens with one attached hydrogen (secondary N) is 1. The minimum Gasteiger partial charge on any atom is -0.316 e. The van der Waals surface area contributed by atoms with Gasteiger partial charge in [0, 0.05) is 12.1 Å². The Hall–Kier alpha value is -1.02. The van der Waals surface area contributed by atoms with Crippen molar-refractivity contribution in [2.45, 2.75) is 13.5 Å². The highest BCUT2D eigenvalue weighted by atomic mass is 35.5. The van der Waals surface area contributed by atoms with Crippen LogP contribution < -0.4 is 5.32 Å². The van der Waals surface area contributed by atoms with Crippen LogP contribution in [0, 0.1) is 6.92 Å². The van der Waals surface area contributed by atoms with Gasteiger partial charge in [0.1, 0.15) is 0 Å². The Morgan fingerprint density at radius 3 is 2.56 bits per heavy atom. The maximum absolute atomic E-state index is 6.28. The summed E-state index contributed by atoms with van der Waals surface area (Å²) in [4.78, 5) is 0. The molecule has 0 atom stereocenters. The lowest BCUT2D eigenvalue weighted by molar-refractivity contribution is 0.818. The second-order valence-electron chi connectivity index (χ2n) is 4.28. The van der Waals surface area contributed by atoms with E-state index in [9.17, 15) is 0 Å². The van der Waals surface area contributed by atoms with E-state index < -0.39 is 0 Å². The lowest BCUT2D eigenvalue weighted by Crippen LogP contribution is -2.05. The number of hydrogen-bond acceptors (Lipinski definition) is 1. The van der Waals surface area contributed by atoms with Crippen LogP contribution in [-0.4, -0.2) is 7.05 Å². The molecule has 0 heterocycles. The zero-order valence-electron chi connectivity index (χ0n) is 10.4. The molecule has 1 nitrogen and oxygen atoms in total. The summed E-state index contributed by atoms with van der Waals surface area (Å²) in [5, 5.41) is 4.35. The highest BCUT2D eigenvalue weighted by Crippen LogP contribution is 2.35. The summed E-state index contributed by atoms with van der Waals surface area (Å²) in [6.45, 7) is 2.92. The molecule has 0 spiro atoms. The molecule has 0 fully saturated rings. The Labute approximate surface area is 118 Å². The van der Waals surface area contributed by atoms with E-state index in [1.165, 1.54) is 11.1 Å². The first kappa shape index (κ1) is 13.4. The smallest absolute Gasteiger partial charge is 0.0670 e. The zero-order valence-corrected chi connectivity index (χ0v) is 11.9. The van der Waals surface area contributed by atoms with Gasteiger partial charge in [-0.3, -0.25) is 0 Å². The Balaban J connectivity index is 2.55. The van der Waals surface area contributed by atoms with E-state index in [1.807, 2.05) is 19.2 Å². The molecular formula is C15H15Cl2N. The highest BCUT2D eigenvalue weighted by Gasteiger charge is 2.09. The summed E-state index contributed by atoms with van der Waals surface area (Å²) >= 11 is 12.4. The van der Waals surface area contributed by atoms with Crippen LogP contribution in [0.25, 0.3) is 11.1 Å². The lowest BCUT2D eigenvalue weighted by Gasteiger charge is -2.11. The molecule has 0 bridgehead atoms. The molecule has 0 unspecified atom stereocenters. The first-order valence-electron chi connectivity index (χ1n) is 5.82. The topological polar surface area (TPSA) is 12.0 Å². The Kier molecular flexibility index (Phi) is 4.28. The molecule has 1 N–H and O–H groups in total. The van der Waals surface area contributed by atoms with Crippen molar-refractivity contribution in [2.75, 3.05) is 7.05 Å². The number of benzene rings is 2. The van der Waals surface area contributed by atoms with Crippen LogP contribution in [-0.2, 0) is 6.54 Å². The van der Waals surface area contributed by atoms with Crippen molar-refractivity contribution in [3.63, 3.8) is 0 Å². The molecule has 0 radical (unpaired) electrons. The van der Waals surface area contributed by atoms with Crippen molar-refractivity contribution >= 4 is 23.2 Å². The summed E-state index contributed by atoms with van der Waals surface area (Å²) < 4.78 is 0. The molecule has 3 heteroatoms. The normalized spacial score (nSPS) is 10.7. The van der Waals surface area contributed by atoms with Crippen molar-refractivity contribution in [3.05, 3.63) is 57.6 Å². The molecule has 0 saturated carbocycles. The molecule has 0 aliphatic carbocycles. The van der Waals surface area contributed by atoms with Crippen molar-refractivity contribution in [1.82, 2.24) is 5.32 Å². The van der Waals surface area contributed by atoms with Crippen molar-refractivity contribution in [2.24, 2.45) is 0 Å². The number of halogens is 2. The number of rotatable bonds is 3. The maximum atomic E-state index is 6.28. The molecular weight excluding hydrogens is 265 g/mol. The van der Waals surface area contributed by atoms with E-state index in [0.717, 1.165) is 17.7 Å². The van der Waals surface area contributed by atoms with E-state index in [4.69, 9.17) is 23.2 Å². The van der Waals surface area contributed by atoms with E-state index >= 15 is 0 Å². The minimum atomic E-state index is 0.590. The molecule has 94 valence electrons. The number of aryl methyl sites for hydroxylation is 1. The van der Waals surface area contributed by atoms with Gasteiger partial charge in [-0.1, -0.05) is 47.5 Å². The van der Waals surface area contributed by atoms with Gasteiger partial charge in [0.15, 0.2) is 0 Å². The lowest BCUT2D eigenvalue weighted by atomic mass is 9.98. The monoisotopic (exact) mass is 279 g/mol. The van der Waals surface area contributed by atoms with Gasteiger partial charge in [-0.25, -0.2) is 0 Å². The van der Waals surface area contributed by atoms with Crippen molar-refractivity contribution in [3.8, 4) is 11.1 Å². The first-order chi connectivity index (χ1) is 8.63. The maximum Gasteiger partial charge on any atom is 0.0670 e. The summed E-state index contributed by atoms with van der Waals surface area (Å²) in [6.07, 6.45) is 0. The molecule has 0 amide bonds. The van der Waals surface area contributed by atoms with E-state index in [0.29, 0.717) is 10.0 Å². The fraction of sp³-hybridized carbons (Fsp3) is 0.200. The van der Waals surface area contributed by atoms with Crippen molar-refractivity contribution < 1.29 is 0 Å². The van der Waals surface area contributed by atoms with Gasteiger partial charge in [-0.2, -0.15) is 0 Å². The summed E-state index contributed by atoms with van der Waals surface area (Å²) in [5.74, 6) is 0. The second-order valence-corrected chi connectivity index (χ2v) is 5.07. The third-order valence-corrected chi connectivity index (χ3v) is 3.74. The highest BCUT2D eigenvalue weighted by molar-refractivity contribution is 6.43. The fourth-order valence-corrected chi connectivity index (χ4v) is 2.39. The van der Waals surface area contributed by atoms with E-state index in [2.05, 4.69) is 30.4 Å². The first-order valence-corrected chi connectivity index (χ1v) is 6.57. The zero-order chi connectivity index (χ0) is 13.1. The Morgan fingerprint density at radius 1 is 1.06 bits per heavy atom. The summed E-state index contributed by atoms with van der Waals surface area (Å²) in [5.41, 5.74) is 4.54. The van der Waals surface area contributed by atoms with Crippen LogP contribution in [0.2, 0.25) is 10.0 Å². The van der Waals surface area contributed by atoms with Crippen LogP contribution in [0.15, 0.2) is 36.4 Å². The molecule has 0 aromatic heterocycles. The van der Waals surface area contributed by atoms with Crippen LogP contribution in [0.3, 0.4) is 0 Å².